The molecule has 9 aromatic carbocycles. The van der Waals surface area contributed by atoms with Gasteiger partial charge in [0.25, 0.3) is 0 Å². The molecule has 0 aliphatic rings. The fourth-order valence-corrected chi connectivity index (χ4v) is 5.90. The topological polar surface area (TPSA) is 13.1 Å². The molecule has 0 saturated heterocycles. The highest BCUT2D eigenvalue weighted by Gasteiger charge is 2.21. The lowest BCUT2D eigenvalue weighted by Gasteiger charge is -2.18. The normalized spacial score (nSPS) is 19.7. The number of benzene rings is 9. The molecular weight excluding hydrogens is 593 g/mol. The van der Waals surface area contributed by atoms with Crippen molar-refractivity contribution in [1.29, 1.82) is 0 Å². The van der Waals surface area contributed by atoms with Crippen LogP contribution in [-0.2, 0) is 0 Å². The number of para-hydroxylation sites is 2. The van der Waals surface area contributed by atoms with Crippen LogP contribution in [-0.4, -0.2) is 0 Å². The van der Waals surface area contributed by atoms with Crippen LogP contribution >= 0.6 is 0 Å². The van der Waals surface area contributed by atoms with Gasteiger partial charge in [0.05, 0.1) is 38.4 Å². The lowest BCUT2D eigenvalue weighted by Crippen LogP contribution is -1.91. The summed E-state index contributed by atoms with van der Waals surface area (Å²) in [6, 6.07) is -22.0. The predicted octanol–water partition coefficient (Wildman–Crippen LogP) is 13.7. The Hall–Kier alpha value is -6.44. The minimum atomic E-state index is -0.988. The molecule has 0 saturated carbocycles. The fourth-order valence-electron chi connectivity index (χ4n) is 5.90. The largest absolute Gasteiger partial charge is 0.455 e. The van der Waals surface area contributed by atoms with Crippen molar-refractivity contribution in [2.24, 2.45) is 0 Å². The zero-order chi connectivity index (χ0) is 56.7. The quantitative estimate of drug-likeness (QED) is 0.173. The Balaban J connectivity index is 1.43. The summed E-state index contributed by atoms with van der Waals surface area (Å²) in [6.45, 7) is 0. The van der Waals surface area contributed by atoms with E-state index in [1.165, 1.54) is 0 Å². The van der Waals surface area contributed by atoms with Crippen LogP contribution in [0.25, 0.3) is 98.8 Å². The number of hydrogen-bond donors (Lipinski definition) is 0. The van der Waals surface area contributed by atoms with Gasteiger partial charge >= 0.3 is 0 Å². The first kappa shape index (κ1) is 11.6. The molecule has 0 unspecified atom stereocenters. The van der Waals surface area contributed by atoms with E-state index in [2.05, 4.69) is 0 Å². The molecule has 0 aliphatic heterocycles. The molecule has 0 aliphatic carbocycles. The Labute approximate surface area is 323 Å². The Kier molecular flexibility index (Phi) is 2.63. The summed E-state index contributed by atoms with van der Waals surface area (Å²) < 4.78 is 257. The number of hydrogen-bond acceptors (Lipinski definition) is 1. The van der Waals surface area contributed by atoms with E-state index in [1.807, 2.05) is 0 Å². The van der Waals surface area contributed by atoms with Crippen LogP contribution in [0.2, 0.25) is 0 Å². The highest BCUT2D eigenvalue weighted by Crippen LogP contribution is 2.47. The van der Waals surface area contributed by atoms with Gasteiger partial charge in [0.15, 0.2) is 0 Å². The van der Waals surface area contributed by atoms with Gasteiger partial charge in [-0.15, -0.1) is 0 Å². The summed E-state index contributed by atoms with van der Waals surface area (Å²) in [5.41, 5.74) is -6.12. The van der Waals surface area contributed by atoms with Crippen molar-refractivity contribution >= 4 is 54.3 Å². The third-order valence-corrected chi connectivity index (χ3v) is 8.02. The van der Waals surface area contributed by atoms with Gasteiger partial charge in [-0.1, -0.05) is 175 Å². The maximum Gasteiger partial charge on any atom is 0.143 e. The molecule has 1 heterocycles. The summed E-state index contributed by atoms with van der Waals surface area (Å²) in [5.74, 6) is 0. The van der Waals surface area contributed by atoms with E-state index in [4.69, 9.17) is 31.8 Å². The van der Waals surface area contributed by atoms with Gasteiger partial charge in [0.2, 0.25) is 0 Å². The van der Waals surface area contributed by atoms with E-state index >= 15 is 0 Å². The zero-order valence-corrected chi connectivity index (χ0v) is 24.6. The minimum Gasteiger partial charge on any atom is -0.455 e. The van der Waals surface area contributed by atoms with E-state index in [0.717, 1.165) is 12.1 Å². The number of fused-ring (bicyclic) bond motifs is 6. The molecule has 0 spiro atoms. The zero-order valence-electron chi connectivity index (χ0n) is 52.6. The predicted molar refractivity (Wildman–Crippen MR) is 208 cm³/mol. The van der Waals surface area contributed by atoms with Crippen molar-refractivity contribution < 1.29 is 42.8 Å². The van der Waals surface area contributed by atoms with Crippen molar-refractivity contribution in [1.82, 2.24) is 0 Å². The van der Waals surface area contributed by atoms with Crippen LogP contribution < -0.4 is 0 Å². The third kappa shape index (κ3) is 4.40. The Morgan fingerprint density at radius 2 is 0.918 bits per heavy atom. The molecule has 0 atom stereocenters. The summed E-state index contributed by atoms with van der Waals surface area (Å²) in [5, 5.41) is -4.35. The summed E-state index contributed by atoms with van der Waals surface area (Å²) in [7, 11) is 0. The maximum atomic E-state index is 9.55. The van der Waals surface area contributed by atoms with Gasteiger partial charge in [-0.3, -0.25) is 0 Å². The van der Waals surface area contributed by atoms with E-state index in [1.54, 1.807) is 0 Å². The molecule has 10 rings (SSSR count). The van der Waals surface area contributed by atoms with E-state index in [-0.39, 0.29) is 10.8 Å². The van der Waals surface area contributed by atoms with Crippen molar-refractivity contribution in [3.63, 3.8) is 0 Å². The molecule has 0 N–H and O–H groups in total. The van der Waals surface area contributed by atoms with Crippen LogP contribution in [0.4, 0.5) is 0 Å². The molecule has 1 nitrogen and oxygen atoms in total. The van der Waals surface area contributed by atoms with Crippen molar-refractivity contribution in [2.45, 2.75) is 0 Å². The second-order valence-corrected chi connectivity index (χ2v) is 10.7. The van der Waals surface area contributed by atoms with Crippen molar-refractivity contribution in [3.05, 3.63) is 181 Å². The first-order valence-corrected chi connectivity index (χ1v) is 14.6. The molecule has 0 radical (unpaired) electrons. The van der Waals surface area contributed by atoms with Crippen LogP contribution in [0, 0.1) is 0 Å². The van der Waals surface area contributed by atoms with Crippen molar-refractivity contribution in [3.8, 4) is 44.5 Å². The summed E-state index contributed by atoms with van der Waals surface area (Å²) >= 11 is 0. The van der Waals surface area contributed by atoms with Gasteiger partial charge in [-0.2, -0.15) is 0 Å². The molecule has 1 aromatic heterocycles. The van der Waals surface area contributed by atoms with Gasteiger partial charge in [0.1, 0.15) is 11.2 Å². The molecule has 1 heteroatoms. The number of furan rings is 1. The lowest BCUT2D eigenvalue weighted by atomic mass is 9.85. The second-order valence-electron chi connectivity index (χ2n) is 10.7. The van der Waals surface area contributed by atoms with E-state index in [0.29, 0.717) is 0 Å². The molecule has 10 aromatic rings. The monoisotopic (exact) mass is 650 g/mol. The van der Waals surface area contributed by atoms with Gasteiger partial charge in [0, 0.05) is 27.5 Å². The highest BCUT2D eigenvalue weighted by molar-refractivity contribution is 6.24. The SMILES string of the molecule is [2H]c1cc2c(oc3c(-c4c([2H])c([2H])c([2H])c([2H])c4[2H])c([2H])c([2H])c([2H])c32)c(-c2c3c([2H])c([2H])c([2H])c([2H])c3c(-c3c([2H])cc(-c4c([2H])c([2H])c5c([2H])c([2H])c([2H])c([2H])c5c4[2H])c([2H])c3[2H])c3c([2H])c([2H])c([2H])c([2H])c23)c1[2H]. The van der Waals surface area contributed by atoms with Crippen LogP contribution in [0.3, 0.4) is 0 Å². The molecule has 49 heavy (non-hydrogen) atoms. The third-order valence-electron chi connectivity index (χ3n) is 8.02. The number of rotatable bonds is 4. The van der Waals surface area contributed by atoms with Crippen molar-refractivity contribution in [2.75, 3.05) is 0 Å². The summed E-state index contributed by atoms with van der Waals surface area (Å²) in [4.78, 5) is 0. The molecule has 0 amide bonds. The van der Waals surface area contributed by atoms with E-state index < -0.39 is 257 Å². The average Bonchev–Trinajstić information content (AvgIpc) is 4.01. The standard InChI is InChI=1S/C48H30O/c1-2-13-33(14-3-1)37-20-10-21-42-43-22-11-23-44(48(43)49-47(37)42)46-40-18-8-6-16-38(40)45(39-17-7-9-19-41(39)46)34-27-24-32(25-28-34)36-29-26-31-12-4-5-15-35(31)30-36/h1-30H/i1D,2D,3D,4D,5D,6D,7D,8D,9D,10D,11D,12D,13D,14D,15D,16D,17D,18D,19D,20D,21D,23D,24D,26D,27D,28D,29D,30D. The Bertz CT molecular complexity index is 4370. The van der Waals surface area contributed by atoms with Crippen LogP contribution in [0.5, 0.6) is 0 Å². The molecule has 228 valence electrons. The smallest absolute Gasteiger partial charge is 0.143 e. The molecule has 0 bridgehead atoms. The maximum absolute atomic E-state index is 9.55. The first-order chi connectivity index (χ1) is 35.9. The minimum absolute atomic E-state index is 0.297. The Morgan fingerprint density at radius 1 is 0.327 bits per heavy atom. The van der Waals surface area contributed by atoms with Gasteiger partial charge in [-0.25, -0.2) is 0 Å². The van der Waals surface area contributed by atoms with Crippen LogP contribution in [0.1, 0.15) is 38.4 Å². The first-order valence-electron chi connectivity index (χ1n) is 28.6. The highest BCUT2D eigenvalue weighted by atomic mass is 16.3. The van der Waals surface area contributed by atoms with E-state index in [9.17, 15) is 11.0 Å². The molecular formula is C48H30O. The fraction of sp³-hybridized carbons (Fsp3) is 0. The molecule has 0 fully saturated rings. The van der Waals surface area contributed by atoms with Gasteiger partial charge < -0.3 is 4.42 Å². The van der Waals surface area contributed by atoms with Crippen LogP contribution in [0.15, 0.2) is 186 Å². The second kappa shape index (κ2) is 11.1. The van der Waals surface area contributed by atoms with Gasteiger partial charge in [-0.05, 0) is 66.2 Å². The average molecular weight is 651 g/mol. The summed E-state index contributed by atoms with van der Waals surface area (Å²) in [6.07, 6.45) is 0. The lowest BCUT2D eigenvalue weighted by molar-refractivity contribution is 0.671. The Morgan fingerprint density at radius 3 is 1.69 bits per heavy atom.